The maximum absolute atomic E-state index is 5.73. The summed E-state index contributed by atoms with van der Waals surface area (Å²) < 4.78 is 5.73. The van der Waals surface area contributed by atoms with Crippen molar-refractivity contribution in [3.05, 3.63) is 108 Å². The molecule has 3 nitrogen and oxygen atoms in total. The first-order valence-electron chi connectivity index (χ1n) is 8.86. The van der Waals surface area contributed by atoms with E-state index in [0.717, 1.165) is 17.9 Å². The van der Waals surface area contributed by atoms with Crippen LogP contribution in [0.25, 0.3) is 6.08 Å². The fourth-order valence-electron chi connectivity index (χ4n) is 3.41. The highest BCUT2D eigenvalue weighted by Gasteiger charge is 2.35. The highest BCUT2D eigenvalue weighted by Crippen LogP contribution is 2.41. The summed E-state index contributed by atoms with van der Waals surface area (Å²) in [6.07, 6.45) is 9.09. The molecule has 4 rings (SSSR count). The normalized spacial score (nSPS) is 19.0. The second kappa shape index (κ2) is 7.36. The standard InChI is InChI=1S/C23H22N2O/c1-24-21(15-8-12-19-10-4-2-5-11-19)18-22(23-16-9-17-26-23)25(24)20-13-6-3-7-14-20/h2-17,22H,18H2,1H3. The Morgan fingerprint density at radius 2 is 1.65 bits per heavy atom. The van der Waals surface area contributed by atoms with Crippen molar-refractivity contribution >= 4 is 11.8 Å². The van der Waals surface area contributed by atoms with Gasteiger partial charge in [0.25, 0.3) is 0 Å². The van der Waals surface area contributed by atoms with Crippen LogP contribution in [0.5, 0.6) is 0 Å². The van der Waals surface area contributed by atoms with Crippen LogP contribution in [0.15, 0.2) is 101 Å². The van der Waals surface area contributed by atoms with Gasteiger partial charge in [0.15, 0.2) is 0 Å². The lowest BCUT2D eigenvalue weighted by Gasteiger charge is -2.32. The van der Waals surface area contributed by atoms with Crippen molar-refractivity contribution in [2.75, 3.05) is 12.1 Å². The van der Waals surface area contributed by atoms with E-state index in [0.29, 0.717) is 0 Å². The van der Waals surface area contributed by atoms with Crippen LogP contribution < -0.4 is 5.01 Å². The number of hydrogen-bond acceptors (Lipinski definition) is 3. The van der Waals surface area contributed by atoms with Gasteiger partial charge in [0.05, 0.1) is 12.0 Å². The van der Waals surface area contributed by atoms with Crippen molar-refractivity contribution in [1.82, 2.24) is 5.01 Å². The molecule has 1 fully saturated rings. The van der Waals surface area contributed by atoms with Gasteiger partial charge in [0.1, 0.15) is 11.8 Å². The van der Waals surface area contributed by atoms with Gasteiger partial charge in [0, 0.05) is 19.2 Å². The third kappa shape index (κ3) is 3.29. The van der Waals surface area contributed by atoms with E-state index in [1.807, 2.05) is 18.2 Å². The van der Waals surface area contributed by atoms with E-state index in [1.54, 1.807) is 6.26 Å². The molecule has 0 bridgehead atoms. The largest absolute Gasteiger partial charge is 0.467 e. The van der Waals surface area contributed by atoms with E-state index in [2.05, 4.69) is 89.9 Å². The molecule has 2 aromatic carbocycles. The Morgan fingerprint density at radius 3 is 2.35 bits per heavy atom. The number of benzene rings is 2. The van der Waals surface area contributed by atoms with Crippen LogP contribution in [0.3, 0.4) is 0 Å². The van der Waals surface area contributed by atoms with Crippen molar-refractivity contribution in [2.45, 2.75) is 12.5 Å². The van der Waals surface area contributed by atoms with Crippen LogP contribution in [0.2, 0.25) is 0 Å². The first-order chi connectivity index (χ1) is 12.8. The Labute approximate surface area is 154 Å². The Balaban J connectivity index is 1.63. The summed E-state index contributed by atoms with van der Waals surface area (Å²) in [4.78, 5) is 0. The lowest BCUT2D eigenvalue weighted by atomic mass is 10.1. The van der Waals surface area contributed by atoms with Crippen molar-refractivity contribution in [3.8, 4) is 0 Å². The summed E-state index contributed by atoms with van der Waals surface area (Å²) in [6, 6.07) is 25.0. The minimum Gasteiger partial charge on any atom is -0.467 e. The minimum absolute atomic E-state index is 0.161. The highest BCUT2D eigenvalue weighted by atomic mass is 16.3. The summed E-state index contributed by atoms with van der Waals surface area (Å²) in [7, 11) is 2.11. The number of anilines is 1. The quantitative estimate of drug-likeness (QED) is 0.608. The molecule has 3 aromatic rings. The van der Waals surface area contributed by atoms with E-state index in [-0.39, 0.29) is 6.04 Å². The van der Waals surface area contributed by atoms with Gasteiger partial charge in [-0.15, -0.1) is 0 Å². The van der Waals surface area contributed by atoms with E-state index in [9.17, 15) is 0 Å². The summed E-state index contributed by atoms with van der Waals surface area (Å²) in [5.74, 6) is 0.983. The lowest BCUT2D eigenvalue weighted by Crippen LogP contribution is -2.34. The monoisotopic (exact) mass is 342 g/mol. The number of allylic oxidation sites excluding steroid dienone is 2. The summed E-state index contributed by atoms with van der Waals surface area (Å²) in [5.41, 5.74) is 3.61. The average molecular weight is 342 g/mol. The number of rotatable bonds is 4. The number of hydrazine groups is 1. The molecule has 1 aromatic heterocycles. The fourth-order valence-corrected chi connectivity index (χ4v) is 3.41. The predicted octanol–water partition coefficient (Wildman–Crippen LogP) is 5.68. The Bertz CT molecular complexity index is 882. The Morgan fingerprint density at radius 1 is 0.923 bits per heavy atom. The molecule has 0 amide bonds. The summed E-state index contributed by atoms with van der Waals surface area (Å²) in [6.45, 7) is 0. The van der Waals surface area contributed by atoms with Crippen molar-refractivity contribution in [1.29, 1.82) is 0 Å². The van der Waals surface area contributed by atoms with Gasteiger partial charge in [-0.3, -0.25) is 10.0 Å². The highest BCUT2D eigenvalue weighted by molar-refractivity contribution is 5.53. The van der Waals surface area contributed by atoms with Gasteiger partial charge in [-0.05, 0) is 35.9 Å². The second-order valence-electron chi connectivity index (χ2n) is 6.37. The Kier molecular flexibility index (Phi) is 4.61. The molecule has 2 heterocycles. The number of nitrogens with zero attached hydrogens (tertiary/aromatic N) is 2. The zero-order valence-corrected chi connectivity index (χ0v) is 14.8. The van der Waals surface area contributed by atoms with Crippen LogP contribution >= 0.6 is 0 Å². The van der Waals surface area contributed by atoms with Crippen LogP contribution in [0.4, 0.5) is 5.69 Å². The minimum atomic E-state index is 0.161. The molecule has 1 saturated heterocycles. The molecular weight excluding hydrogens is 320 g/mol. The molecule has 0 N–H and O–H groups in total. The van der Waals surface area contributed by atoms with Gasteiger partial charge in [-0.2, -0.15) is 0 Å². The van der Waals surface area contributed by atoms with Crippen LogP contribution in [0.1, 0.15) is 23.8 Å². The van der Waals surface area contributed by atoms with Crippen LogP contribution in [-0.2, 0) is 0 Å². The SMILES string of the molecule is CN1C(=CC=Cc2ccccc2)CC(c2ccco2)N1c1ccccc1. The smallest absolute Gasteiger partial charge is 0.128 e. The first-order valence-corrected chi connectivity index (χ1v) is 8.86. The van der Waals surface area contributed by atoms with Crippen molar-refractivity contribution in [2.24, 2.45) is 0 Å². The third-order valence-electron chi connectivity index (χ3n) is 4.71. The maximum Gasteiger partial charge on any atom is 0.128 e. The van der Waals surface area contributed by atoms with E-state index < -0.39 is 0 Å². The molecule has 1 atom stereocenters. The van der Waals surface area contributed by atoms with Crippen molar-refractivity contribution < 1.29 is 4.42 Å². The first kappa shape index (κ1) is 16.3. The molecule has 130 valence electrons. The molecule has 0 spiro atoms. The van der Waals surface area contributed by atoms with Crippen LogP contribution in [0, 0.1) is 0 Å². The molecule has 0 radical (unpaired) electrons. The number of furan rings is 1. The molecule has 0 saturated carbocycles. The third-order valence-corrected chi connectivity index (χ3v) is 4.71. The maximum atomic E-state index is 5.73. The van der Waals surface area contributed by atoms with Crippen molar-refractivity contribution in [3.63, 3.8) is 0 Å². The molecule has 1 aliphatic rings. The average Bonchev–Trinajstić information content (AvgIpc) is 3.32. The zero-order valence-electron chi connectivity index (χ0n) is 14.8. The van der Waals surface area contributed by atoms with E-state index >= 15 is 0 Å². The second-order valence-corrected chi connectivity index (χ2v) is 6.37. The van der Waals surface area contributed by atoms with E-state index in [1.165, 1.54) is 11.3 Å². The molecular formula is C23H22N2O. The van der Waals surface area contributed by atoms with E-state index in [4.69, 9.17) is 4.42 Å². The summed E-state index contributed by atoms with van der Waals surface area (Å²) in [5, 5.41) is 4.51. The molecule has 3 heteroatoms. The van der Waals surface area contributed by atoms with Gasteiger partial charge in [-0.1, -0.05) is 60.7 Å². The molecule has 26 heavy (non-hydrogen) atoms. The topological polar surface area (TPSA) is 19.6 Å². The Hall–Kier alpha value is -3.20. The molecule has 1 unspecified atom stereocenters. The van der Waals surface area contributed by atoms with Gasteiger partial charge < -0.3 is 4.42 Å². The lowest BCUT2D eigenvalue weighted by molar-refractivity contribution is 0.384. The summed E-state index contributed by atoms with van der Waals surface area (Å²) >= 11 is 0. The fraction of sp³-hybridized carbons (Fsp3) is 0.130. The predicted molar refractivity (Wildman–Crippen MR) is 106 cm³/mol. The number of para-hydroxylation sites is 1. The van der Waals surface area contributed by atoms with Gasteiger partial charge >= 0.3 is 0 Å². The van der Waals surface area contributed by atoms with Gasteiger partial charge in [0.2, 0.25) is 0 Å². The molecule has 0 aliphatic carbocycles. The van der Waals surface area contributed by atoms with Gasteiger partial charge in [-0.25, -0.2) is 0 Å². The molecule has 1 aliphatic heterocycles. The number of hydrogen-bond donors (Lipinski definition) is 0. The van der Waals surface area contributed by atoms with Crippen LogP contribution in [-0.4, -0.2) is 12.1 Å². The zero-order chi connectivity index (χ0) is 17.8.